The molecule has 1 saturated heterocycles. The summed E-state index contributed by atoms with van der Waals surface area (Å²) in [7, 11) is 0. The Hall–Kier alpha value is -1.09. The summed E-state index contributed by atoms with van der Waals surface area (Å²) in [5.74, 6) is 0. The molecule has 1 fully saturated rings. The number of nitrogens with one attached hydrogen (secondary N) is 1. The van der Waals surface area contributed by atoms with Crippen molar-refractivity contribution in [3.05, 3.63) is 24.0 Å². The molecule has 0 unspecified atom stereocenters. The molecule has 3 nitrogen and oxygen atoms in total. The van der Waals surface area contributed by atoms with Crippen LogP contribution < -0.4 is 10.2 Å². The van der Waals surface area contributed by atoms with Crippen LogP contribution in [0.1, 0.15) is 44.6 Å². The van der Waals surface area contributed by atoms with Crippen LogP contribution in [0.2, 0.25) is 0 Å². The number of nitrogens with zero attached hydrogens (tertiary/aromatic N) is 2. The van der Waals surface area contributed by atoms with Crippen LogP contribution in [0.5, 0.6) is 0 Å². The number of hydrogen-bond donors (Lipinski definition) is 1. The molecule has 0 spiro atoms. The van der Waals surface area contributed by atoms with Gasteiger partial charge in [0, 0.05) is 25.8 Å². The van der Waals surface area contributed by atoms with Gasteiger partial charge in [-0.05, 0) is 37.4 Å². The topological polar surface area (TPSA) is 28.2 Å². The van der Waals surface area contributed by atoms with Gasteiger partial charge in [0.1, 0.15) is 0 Å². The first-order valence-electron chi connectivity index (χ1n) is 7.79. The standard InChI is InChI=1S/C16H27N3/c1-2-3-4-5-7-15-12-16(14-18-13-15)19-10-6-8-17-9-11-19/h12-14,17H,2-11H2,1H3. The molecule has 19 heavy (non-hydrogen) atoms. The van der Waals surface area contributed by atoms with Crippen molar-refractivity contribution in [2.45, 2.75) is 45.4 Å². The van der Waals surface area contributed by atoms with Gasteiger partial charge in [-0.3, -0.25) is 4.98 Å². The van der Waals surface area contributed by atoms with Crippen molar-refractivity contribution in [2.75, 3.05) is 31.1 Å². The van der Waals surface area contributed by atoms with Gasteiger partial charge in [0.2, 0.25) is 0 Å². The Morgan fingerprint density at radius 1 is 1.16 bits per heavy atom. The van der Waals surface area contributed by atoms with E-state index in [-0.39, 0.29) is 0 Å². The van der Waals surface area contributed by atoms with Crippen molar-refractivity contribution in [3.63, 3.8) is 0 Å². The molecule has 1 aromatic rings. The van der Waals surface area contributed by atoms with Crippen LogP contribution in [0.3, 0.4) is 0 Å². The first-order chi connectivity index (χ1) is 9.40. The number of hydrogen-bond acceptors (Lipinski definition) is 3. The number of pyridine rings is 1. The maximum Gasteiger partial charge on any atom is 0.0555 e. The van der Waals surface area contributed by atoms with E-state index >= 15 is 0 Å². The smallest absolute Gasteiger partial charge is 0.0555 e. The van der Waals surface area contributed by atoms with Crippen LogP contribution in [0.25, 0.3) is 0 Å². The molecule has 1 aliphatic heterocycles. The Morgan fingerprint density at radius 3 is 3.00 bits per heavy atom. The molecule has 0 amide bonds. The third-order valence-electron chi connectivity index (χ3n) is 3.80. The first-order valence-corrected chi connectivity index (χ1v) is 7.79. The molecule has 0 radical (unpaired) electrons. The Labute approximate surface area is 117 Å². The van der Waals surface area contributed by atoms with Crippen LogP contribution in [-0.2, 0) is 6.42 Å². The van der Waals surface area contributed by atoms with Crippen LogP contribution >= 0.6 is 0 Å². The monoisotopic (exact) mass is 261 g/mol. The predicted octanol–water partition coefficient (Wildman–Crippen LogP) is 3.00. The molecule has 2 rings (SSSR count). The molecule has 0 bridgehead atoms. The van der Waals surface area contributed by atoms with Gasteiger partial charge in [-0.15, -0.1) is 0 Å². The quantitative estimate of drug-likeness (QED) is 0.798. The molecule has 2 heterocycles. The highest BCUT2D eigenvalue weighted by atomic mass is 15.2. The molecule has 3 heteroatoms. The molecule has 106 valence electrons. The third kappa shape index (κ3) is 4.83. The molecule has 0 saturated carbocycles. The highest BCUT2D eigenvalue weighted by Crippen LogP contribution is 2.17. The molecule has 0 aromatic carbocycles. The van der Waals surface area contributed by atoms with Crippen molar-refractivity contribution in [1.29, 1.82) is 0 Å². The number of rotatable bonds is 6. The number of aromatic nitrogens is 1. The van der Waals surface area contributed by atoms with Crippen molar-refractivity contribution in [3.8, 4) is 0 Å². The molecule has 0 atom stereocenters. The minimum absolute atomic E-state index is 1.08. The Bertz CT molecular complexity index is 357. The molecule has 0 aliphatic carbocycles. The second-order valence-corrected chi connectivity index (χ2v) is 5.45. The van der Waals surface area contributed by atoms with Gasteiger partial charge in [0.15, 0.2) is 0 Å². The molecule has 1 aromatic heterocycles. The Kier molecular flexibility index (Phi) is 6.15. The normalized spacial score (nSPS) is 16.4. The Balaban J connectivity index is 1.90. The average molecular weight is 261 g/mol. The SMILES string of the molecule is CCCCCCc1cncc(N2CCCNCC2)c1. The molecule has 1 aliphatic rings. The number of anilines is 1. The van der Waals surface area contributed by atoms with Gasteiger partial charge in [0.25, 0.3) is 0 Å². The second kappa shape index (κ2) is 8.16. The second-order valence-electron chi connectivity index (χ2n) is 5.45. The van der Waals surface area contributed by atoms with E-state index in [1.807, 2.05) is 12.4 Å². The summed E-state index contributed by atoms with van der Waals surface area (Å²) in [5, 5.41) is 3.45. The van der Waals surface area contributed by atoms with Crippen LogP contribution in [0, 0.1) is 0 Å². The fourth-order valence-electron chi connectivity index (χ4n) is 2.64. The van der Waals surface area contributed by atoms with Crippen molar-refractivity contribution in [2.24, 2.45) is 0 Å². The zero-order valence-electron chi connectivity index (χ0n) is 12.2. The van der Waals surface area contributed by atoms with Crippen LogP contribution in [0.4, 0.5) is 5.69 Å². The van der Waals surface area contributed by atoms with E-state index in [2.05, 4.69) is 28.2 Å². The summed E-state index contributed by atoms with van der Waals surface area (Å²) in [5.41, 5.74) is 2.70. The lowest BCUT2D eigenvalue weighted by Gasteiger charge is -2.22. The van der Waals surface area contributed by atoms with Gasteiger partial charge < -0.3 is 10.2 Å². The minimum atomic E-state index is 1.08. The van der Waals surface area contributed by atoms with Gasteiger partial charge in [-0.2, -0.15) is 0 Å². The lowest BCUT2D eigenvalue weighted by atomic mass is 10.1. The summed E-state index contributed by atoms with van der Waals surface area (Å²) < 4.78 is 0. The van der Waals surface area contributed by atoms with Gasteiger partial charge in [-0.1, -0.05) is 26.2 Å². The van der Waals surface area contributed by atoms with E-state index in [0.29, 0.717) is 0 Å². The zero-order chi connectivity index (χ0) is 13.3. The maximum atomic E-state index is 4.43. The fourth-order valence-corrected chi connectivity index (χ4v) is 2.64. The first kappa shape index (κ1) is 14.3. The summed E-state index contributed by atoms with van der Waals surface area (Å²) in [6.07, 6.45) is 11.7. The van der Waals surface area contributed by atoms with Crippen LogP contribution in [0.15, 0.2) is 18.5 Å². The average Bonchev–Trinajstić information content (AvgIpc) is 2.73. The highest BCUT2D eigenvalue weighted by Gasteiger charge is 2.10. The van der Waals surface area contributed by atoms with Crippen molar-refractivity contribution >= 4 is 5.69 Å². The van der Waals surface area contributed by atoms with Gasteiger partial charge in [0.05, 0.1) is 11.9 Å². The van der Waals surface area contributed by atoms with E-state index in [1.54, 1.807) is 0 Å². The largest absolute Gasteiger partial charge is 0.369 e. The van der Waals surface area contributed by atoms with Crippen molar-refractivity contribution in [1.82, 2.24) is 10.3 Å². The van der Waals surface area contributed by atoms with E-state index in [1.165, 1.54) is 49.8 Å². The van der Waals surface area contributed by atoms with Gasteiger partial charge >= 0.3 is 0 Å². The minimum Gasteiger partial charge on any atom is -0.369 e. The van der Waals surface area contributed by atoms with Crippen molar-refractivity contribution < 1.29 is 0 Å². The lowest BCUT2D eigenvalue weighted by molar-refractivity contribution is 0.665. The highest BCUT2D eigenvalue weighted by molar-refractivity contribution is 5.46. The predicted molar refractivity (Wildman–Crippen MR) is 81.8 cm³/mol. The molecule has 1 N–H and O–H groups in total. The van der Waals surface area contributed by atoms with E-state index in [0.717, 1.165) is 26.2 Å². The third-order valence-corrected chi connectivity index (χ3v) is 3.80. The molecular formula is C16H27N3. The zero-order valence-corrected chi connectivity index (χ0v) is 12.2. The Morgan fingerprint density at radius 2 is 2.11 bits per heavy atom. The summed E-state index contributed by atoms with van der Waals surface area (Å²) in [4.78, 5) is 6.89. The summed E-state index contributed by atoms with van der Waals surface area (Å²) in [6.45, 7) is 6.73. The summed E-state index contributed by atoms with van der Waals surface area (Å²) in [6, 6.07) is 2.34. The molecular weight excluding hydrogens is 234 g/mol. The number of aryl methyl sites for hydroxylation is 1. The van der Waals surface area contributed by atoms with E-state index in [4.69, 9.17) is 0 Å². The van der Waals surface area contributed by atoms with E-state index < -0.39 is 0 Å². The van der Waals surface area contributed by atoms with Gasteiger partial charge in [-0.25, -0.2) is 0 Å². The van der Waals surface area contributed by atoms with E-state index in [9.17, 15) is 0 Å². The summed E-state index contributed by atoms with van der Waals surface area (Å²) >= 11 is 0. The maximum absolute atomic E-state index is 4.43. The number of unbranched alkanes of at least 4 members (excludes halogenated alkanes) is 3. The lowest BCUT2D eigenvalue weighted by Crippen LogP contribution is -2.27. The van der Waals surface area contributed by atoms with Crippen LogP contribution in [-0.4, -0.2) is 31.2 Å². The fraction of sp³-hybridized carbons (Fsp3) is 0.688.